The van der Waals surface area contributed by atoms with Crippen molar-refractivity contribution >= 4 is 5.78 Å². The van der Waals surface area contributed by atoms with E-state index in [9.17, 15) is 4.79 Å². The first-order valence-corrected chi connectivity index (χ1v) is 5.41. The molecule has 1 aliphatic rings. The third-order valence-electron chi connectivity index (χ3n) is 2.63. The molecule has 0 saturated carbocycles. The second-order valence-corrected chi connectivity index (χ2v) is 3.53. The van der Waals surface area contributed by atoms with Gasteiger partial charge in [0.15, 0.2) is 5.78 Å². The van der Waals surface area contributed by atoms with Crippen LogP contribution in [-0.4, -0.2) is 37.0 Å². The van der Waals surface area contributed by atoms with Crippen LogP contribution in [0.3, 0.4) is 0 Å². The summed E-state index contributed by atoms with van der Waals surface area (Å²) in [7, 11) is 1.56. The minimum absolute atomic E-state index is 0.0897. The van der Waals surface area contributed by atoms with Gasteiger partial charge in [-0.05, 0) is 20.3 Å². The van der Waals surface area contributed by atoms with Gasteiger partial charge < -0.3 is 9.64 Å². The maximum absolute atomic E-state index is 11.9. The maximum Gasteiger partial charge on any atom is 0.193 e. The van der Waals surface area contributed by atoms with Crippen LogP contribution in [0.2, 0.25) is 0 Å². The molecule has 0 amide bonds. The Morgan fingerprint density at radius 2 is 2.20 bits per heavy atom. The van der Waals surface area contributed by atoms with Crippen molar-refractivity contribution in [3.63, 3.8) is 0 Å². The van der Waals surface area contributed by atoms with Crippen molar-refractivity contribution in [2.24, 2.45) is 0 Å². The molecular formula is C12H19NO2. The summed E-state index contributed by atoms with van der Waals surface area (Å²) in [6.07, 6.45) is 6.10. The fourth-order valence-electron chi connectivity index (χ4n) is 1.62. The van der Waals surface area contributed by atoms with Crippen LogP contribution in [-0.2, 0) is 9.53 Å². The molecule has 0 fully saturated rings. The molecule has 0 heterocycles. The van der Waals surface area contributed by atoms with Gasteiger partial charge in [0, 0.05) is 32.0 Å². The zero-order valence-electron chi connectivity index (χ0n) is 9.69. The average Bonchev–Trinajstić information content (AvgIpc) is 2.28. The number of carbonyl (C=O) groups is 1. The van der Waals surface area contributed by atoms with E-state index in [1.807, 2.05) is 18.4 Å². The van der Waals surface area contributed by atoms with Gasteiger partial charge in [0.25, 0.3) is 0 Å². The van der Waals surface area contributed by atoms with Crippen molar-refractivity contribution in [2.45, 2.75) is 26.4 Å². The molecule has 1 unspecified atom stereocenters. The van der Waals surface area contributed by atoms with Gasteiger partial charge in [-0.15, -0.1) is 0 Å². The zero-order chi connectivity index (χ0) is 11.3. The Balaban J connectivity index is 2.78. The minimum atomic E-state index is -0.388. The highest BCUT2D eigenvalue weighted by Crippen LogP contribution is 2.16. The highest BCUT2D eigenvalue weighted by Gasteiger charge is 2.22. The minimum Gasteiger partial charge on any atom is -0.378 e. The van der Waals surface area contributed by atoms with E-state index < -0.39 is 0 Å². The first-order chi connectivity index (χ1) is 7.22. The van der Waals surface area contributed by atoms with Gasteiger partial charge in [-0.1, -0.05) is 12.2 Å². The summed E-state index contributed by atoms with van der Waals surface area (Å²) in [5.41, 5.74) is 0.841. The van der Waals surface area contributed by atoms with E-state index in [2.05, 4.69) is 18.7 Å². The summed E-state index contributed by atoms with van der Waals surface area (Å²) >= 11 is 0. The van der Waals surface area contributed by atoms with Crippen molar-refractivity contribution in [1.82, 2.24) is 4.90 Å². The van der Waals surface area contributed by atoms with Crippen LogP contribution in [0.25, 0.3) is 0 Å². The van der Waals surface area contributed by atoms with E-state index in [-0.39, 0.29) is 11.9 Å². The van der Waals surface area contributed by atoms with E-state index in [1.165, 1.54) is 0 Å². The SMILES string of the molecule is CCN(C=C1CC=CC(OC)C1=O)CC. The molecule has 0 aromatic carbocycles. The number of Topliss-reactive ketones (excluding diaryl/α,β-unsaturated/α-hetero) is 1. The van der Waals surface area contributed by atoms with Gasteiger partial charge in [-0.25, -0.2) is 0 Å². The lowest BCUT2D eigenvalue weighted by Gasteiger charge is -2.21. The zero-order valence-corrected chi connectivity index (χ0v) is 9.69. The van der Waals surface area contributed by atoms with Crippen molar-refractivity contribution in [2.75, 3.05) is 20.2 Å². The van der Waals surface area contributed by atoms with Crippen LogP contribution in [0.1, 0.15) is 20.3 Å². The Hall–Kier alpha value is -1.09. The van der Waals surface area contributed by atoms with Crippen molar-refractivity contribution < 1.29 is 9.53 Å². The Morgan fingerprint density at radius 3 is 2.73 bits per heavy atom. The first-order valence-electron chi connectivity index (χ1n) is 5.41. The van der Waals surface area contributed by atoms with Gasteiger partial charge in [-0.3, -0.25) is 4.79 Å². The lowest BCUT2D eigenvalue weighted by molar-refractivity contribution is -0.123. The number of hydrogen-bond donors (Lipinski definition) is 0. The molecule has 0 N–H and O–H groups in total. The third-order valence-corrected chi connectivity index (χ3v) is 2.63. The molecule has 1 aliphatic carbocycles. The van der Waals surface area contributed by atoms with E-state index in [0.29, 0.717) is 0 Å². The fraction of sp³-hybridized carbons (Fsp3) is 0.583. The molecule has 0 spiro atoms. The van der Waals surface area contributed by atoms with E-state index in [0.717, 1.165) is 25.1 Å². The Morgan fingerprint density at radius 1 is 1.53 bits per heavy atom. The number of carbonyl (C=O) groups excluding carboxylic acids is 1. The van der Waals surface area contributed by atoms with Crippen LogP contribution < -0.4 is 0 Å². The highest BCUT2D eigenvalue weighted by molar-refractivity contribution is 6.01. The normalized spacial score (nSPS) is 23.5. The van der Waals surface area contributed by atoms with Crippen molar-refractivity contribution in [3.05, 3.63) is 23.9 Å². The standard InChI is InChI=1S/C12H19NO2/c1-4-13(5-2)9-10-7-6-8-11(15-3)12(10)14/h6,8-9,11H,4-5,7H2,1-3H3. The quantitative estimate of drug-likeness (QED) is 0.522. The molecule has 84 valence electrons. The summed E-state index contributed by atoms with van der Waals surface area (Å²) in [6.45, 7) is 6.01. The number of rotatable bonds is 4. The molecule has 0 saturated heterocycles. The Kier molecular flexibility index (Phi) is 4.56. The third kappa shape index (κ3) is 2.93. The first kappa shape index (κ1) is 12.0. The highest BCUT2D eigenvalue weighted by atomic mass is 16.5. The Labute approximate surface area is 91.4 Å². The number of hydrogen-bond acceptors (Lipinski definition) is 3. The van der Waals surface area contributed by atoms with Gasteiger partial charge in [0.1, 0.15) is 6.10 Å². The van der Waals surface area contributed by atoms with Crippen LogP contribution in [0.15, 0.2) is 23.9 Å². The number of methoxy groups -OCH3 is 1. The molecule has 3 nitrogen and oxygen atoms in total. The molecular weight excluding hydrogens is 190 g/mol. The fourth-order valence-corrected chi connectivity index (χ4v) is 1.62. The Bertz CT molecular complexity index is 277. The number of nitrogens with zero attached hydrogens (tertiary/aromatic N) is 1. The number of ketones is 1. The molecule has 0 aromatic heterocycles. The van der Waals surface area contributed by atoms with Crippen LogP contribution in [0, 0.1) is 0 Å². The second-order valence-electron chi connectivity index (χ2n) is 3.53. The molecule has 1 atom stereocenters. The second kappa shape index (κ2) is 5.71. The maximum atomic E-state index is 11.9. The molecule has 0 bridgehead atoms. The molecule has 0 radical (unpaired) electrons. The monoisotopic (exact) mass is 209 g/mol. The van der Waals surface area contributed by atoms with Gasteiger partial charge in [-0.2, -0.15) is 0 Å². The van der Waals surface area contributed by atoms with Crippen molar-refractivity contribution in [1.29, 1.82) is 0 Å². The summed E-state index contributed by atoms with van der Waals surface area (Å²) in [4.78, 5) is 14.0. The predicted octanol–water partition coefficient (Wildman–Crippen LogP) is 1.76. The molecule has 0 aromatic rings. The van der Waals surface area contributed by atoms with Crippen LogP contribution >= 0.6 is 0 Å². The average molecular weight is 209 g/mol. The van der Waals surface area contributed by atoms with Crippen LogP contribution in [0.5, 0.6) is 0 Å². The number of ether oxygens (including phenoxy) is 1. The van der Waals surface area contributed by atoms with Crippen LogP contribution in [0.4, 0.5) is 0 Å². The lowest BCUT2D eigenvalue weighted by Crippen LogP contribution is -2.27. The summed E-state index contributed by atoms with van der Waals surface area (Å²) in [5, 5.41) is 0. The smallest absolute Gasteiger partial charge is 0.193 e. The van der Waals surface area contributed by atoms with E-state index in [4.69, 9.17) is 4.74 Å². The lowest BCUT2D eigenvalue weighted by atomic mass is 9.98. The summed E-state index contributed by atoms with van der Waals surface area (Å²) < 4.78 is 5.09. The molecule has 1 rings (SSSR count). The molecule has 0 aliphatic heterocycles. The summed E-state index contributed by atoms with van der Waals surface area (Å²) in [6, 6.07) is 0. The van der Waals surface area contributed by atoms with E-state index >= 15 is 0 Å². The molecule has 3 heteroatoms. The molecule has 15 heavy (non-hydrogen) atoms. The van der Waals surface area contributed by atoms with Gasteiger partial charge in [0.2, 0.25) is 0 Å². The summed E-state index contributed by atoms with van der Waals surface area (Å²) in [5.74, 6) is 0.0897. The number of allylic oxidation sites excluding steroid dienone is 1. The van der Waals surface area contributed by atoms with E-state index in [1.54, 1.807) is 7.11 Å². The topological polar surface area (TPSA) is 29.5 Å². The van der Waals surface area contributed by atoms with Gasteiger partial charge >= 0.3 is 0 Å². The predicted molar refractivity (Wildman–Crippen MR) is 60.6 cm³/mol. The largest absolute Gasteiger partial charge is 0.378 e. The van der Waals surface area contributed by atoms with Crippen molar-refractivity contribution in [3.8, 4) is 0 Å². The van der Waals surface area contributed by atoms with Gasteiger partial charge in [0.05, 0.1) is 0 Å².